The molecule has 1 rings (SSSR count). The van der Waals surface area contributed by atoms with Crippen molar-refractivity contribution in [3.63, 3.8) is 0 Å². The Balaban J connectivity index is -0.0000000690. The first kappa shape index (κ1) is 24.6. The van der Waals surface area contributed by atoms with E-state index in [0.717, 1.165) is 6.92 Å². The molecule has 0 aromatic carbocycles. The summed E-state index contributed by atoms with van der Waals surface area (Å²) < 4.78 is 9.17. The Labute approximate surface area is 110 Å². The molecule has 0 atom stereocenters. The Hall–Kier alpha value is -1.62. The van der Waals surface area contributed by atoms with Crippen LogP contribution in [0.2, 0.25) is 0 Å². The molecule has 0 radical (unpaired) electrons. The minimum absolute atomic E-state index is 0. The molecule has 0 saturated heterocycles. The van der Waals surface area contributed by atoms with E-state index in [-0.39, 0.29) is 16.5 Å². The third kappa shape index (κ3) is 115. The van der Waals surface area contributed by atoms with Gasteiger partial charge in [-0.1, -0.05) is 0 Å². The molecule has 0 amide bonds. The van der Waals surface area contributed by atoms with Gasteiger partial charge in [0.05, 0.1) is 0 Å². The van der Waals surface area contributed by atoms with Crippen molar-refractivity contribution in [3.05, 3.63) is 25.0 Å². The predicted octanol–water partition coefficient (Wildman–Crippen LogP) is 1.30. The number of carboxylic acid groups (broad SMARTS) is 1. The van der Waals surface area contributed by atoms with Gasteiger partial charge in [0.25, 0.3) is 5.97 Å². The molecule has 0 aromatic rings. The van der Waals surface area contributed by atoms with Crippen LogP contribution in [0.4, 0.5) is 0 Å². The van der Waals surface area contributed by atoms with Crippen molar-refractivity contribution < 1.29 is 45.5 Å². The first-order valence-corrected chi connectivity index (χ1v) is 3.95. The second kappa shape index (κ2) is 29.3. The Morgan fingerprint density at radius 1 is 1.00 bits per heavy atom. The van der Waals surface area contributed by atoms with Gasteiger partial charge in [0.15, 0.2) is 0 Å². The van der Waals surface area contributed by atoms with Crippen molar-refractivity contribution in [2.75, 3.05) is 0 Å². The Kier molecular flexibility index (Phi) is 42.3. The molecule has 1 aliphatic heterocycles. The number of carbonyl (C=O) groups is 1. The minimum Gasteiger partial charge on any atom is -0.542 e. The van der Waals surface area contributed by atoms with Gasteiger partial charge in [-0.15, -0.1) is 0 Å². The average Bonchev–Trinajstić information content (AvgIpc) is 2.22. The van der Waals surface area contributed by atoms with Crippen LogP contribution in [0.1, 0.15) is 20.8 Å². The van der Waals surface area contributed by atoms with Gasteiger partial charge >= 0.3 is 16.5 Å². The summed E-state index contributed by atoms with van der Waals surface area (Å²) in [6.07, 6.45) is 8.83. The molecule has 7 heteroatoms. The third-order valence-electron chi connectivity index (χ3n) is 0.425. The SMILES string of the molecule is C1=COC=CO1.CC(=O)O.C[C-]=O.C[C-]=O.[Ni+2]. The van der Waals surface area contributed by atoms with E-state index >= 15 is 0 Å². The number of hydrogen-bond acceptors (Lipinski definition) is 5. The maximum Gasteiger partial charge on any atom is 2.00 e. The van der Waals surface area contributed by atoms with Gasteiger partial charge in [0.1, 0.15) is 25.0 Å². The number of ether oxygens (including phenoxy) is 2. The molecule has 0 spiro atoms. The summed E-state index contributed by atoms with van der Waals surface area (Å²) in [5.41, 5.74) is 0. The van der Waals surface area contributed by atoms with Crippen LogP contribution in [0.15, 0.2) is 25.0 Å². The molecule has 0 aliphatic carbocycles. The smallest absolute Gasteiger partial charge is 0.542 e. The largest absolute Gasteiger partial charge is 2.00 e. The number of carboxylic acids is 1. The molecular formula is C10H14NiO6. The van der Waals surface area contributed by atoms with Crippen molar-refractivity contribution in [1.29, 1.82) is 0 Å². The quantitative estimate of drug-likeness (QED) is 0.534. The number of rotatable bonds is 0. The molecule has 17 heavy (non-hydrogen) atoms. The number of carbonyl (C=O) groups excluding carboxylic acids is 2. The molecule has 0 saturated carbocycles. The molecular weight excluding hydrogens is 275 g/mol. The van der Waals surface area contributed by atoms with Crippen LogP contribution < -0.4 is 0 Å². The minimum atomic E-state index is -0.833. The van der Waals surface area contributed by atoms with Crippen molar-refractivity contribution in [3.8, 4) is 0 Å². The van der Waals surface area contributed by atoms with E-state index < -0.39 is 5.97 Å². The Bertz CT molecular complexity index is 195. The number of hydrogen-bond donors (Lipinski definition) is 1. The van der Waals surface area contributed by atoms with Crippen LogP contribution in [0.25, 0.3) is 0 Å². The fourth-order valence-electron chi connectivity index (χ4n) is 0.219. The van der Waals surface area contributed by atoms with Crippen LogP contribution in [-0.2, 0) is 40.3 Å². The monoisotopic (exact) mass is 288 g/mol. The fraction of sp³-hybridized carbons (Fsp3) is 0.300. The fourth-order valence-corrected chi connectivity index (χ4v) is 0.219. The summed E-state index contributed by atoms with van der Waals surface area (Å²) in [7, 11) is 0. The van der Waals surface area contributed by atoms with E-state index in [1.807, 2.05) is 0 Å². The zero-order valence-electron chi connectivity index (χ0n) is 9.61. The summed E-state index contributed by atoms with van der Waals surface area (Å²) >= 11 is 0. The van der Waals surface area contributed by atoms with Crippen molar-refractivity contribution in [1.82, 2.24) is 0 Å². The molecule has 0 fully saturated rings. The summed E-state index contributed by atoms with van der Waals surface area (Å²) in [4.78, 5) is 26.4. The van der Waals surface area contributed by atoms with Crippen molar-refractivity contribution >= 4 is 18.5 Å². The zero-order chi connectivity index (χ0) is 13.2. The van der Waals surface area contributed by atoms with E-state index in [9.17, 15) is 0 Å². The van der Waals surface area contributed by atoms with Gasteiger partial charge in [-0.25, -0.2) is 0 Å². The summed E-state index contributed by atoms with van der Waals surface area (Å²) in [6, 6.07) is 0. The predicted molar refractivity (Wildman–Crippen MR) is 56.5 cm³/mol. The van der Waals surface area contributed by atoms with Crippen LogP contribution in [-0.4, -0.2) is 23.6 Å². The van der Waals surface area contributed by atoms with E-state index in [0.29, 0.717) is 0 Å². The average molecular weight is 289 g/mol. The molecule has 0 aromatic heterocycles. The van der Waals surface area contributed by atoms with Gasteiger partial charge in [-0.2, -0.15) is 13.8 Å². The maximum atomic E-state index is 9.00. The van der Waals surface area contributed by atoms with Crippen molar-refractivity contribution in [2.24, 2.45) is 0 Å². The molecule has 100 valence electrons. The summed E-state index contributed by atoms with van der Waals surface area (Å²) in [5, 5.41) is 7.42. The summed E-state index contributed by atoms with van der Waals surface area (Å²) in [6.45, 7) is 3.72. The summed E-state index contributed by atoms with van der Waals surface area (Å²) in [5.74, 6) is -0.833. The van der Waals surface area contributed by atoms with Crippen LogP contribution in [0, 0.1) is 0 Å². The van der Waals surface area contributed by atoms with Gasteiger partial charge in [0.2, 0.25) is 0 Å². The van der Waals surface area contributed by atoms with E-state index in [4.69, 9.17) is 19.5 Å². The van der Waals surface area contributed by atoms with Crippen LogP contribution in [0.3, 0.4) is 0 Å². The van der Waals surface area contributed by atoms with E-state index in [2.05, 4.69) is 9.47 Å². The Morgan fingerprint density at radius 2 is 1.12 bits per heavy atom. The third-order valence-corrected chi connectivity index (χ3v) is 0.425. The second-order valence-corrected chi connectivity index (χ2v) is 1.74. The molecule has 1 N–H and O–H groups in total. The first-order chi connectivity index (χ1) is 7.56. The van der Waals surface area contributed by atoms with Gasteiger partial charge in [-0.3, -0.25) is 17.4 Å². The van der Waals surface area contributed by atoms with E-state index in [1.165, 1.54) is 51.5 Å². The van der Waals surface area contributed by atoms with Crippen LogP contribution in [0.5, 0.6) is 0 Å². The molecule has 0 unspecified atom stereocenters. The molecule has 0 bridgehead atoms. The van der Waals surface area contributed by atoms with Gasteiger partial charge in [0, 0.05) is 6.92 Å². The molecule has 1 heterocycles. The Morgan fingerprint density at radius 3 is 1.18 bits per heavy atom. The van der Waals surface area contributed by atoms with Gasteiger partial charge < -0.3 is 24.2 Å². The normalized spacial score (nSPS) is 8.65. The first-order valence-electron chi connectivity index (χ1n) is 3.95. The molecule has 1 aliphatic rings. The van der Waals surface area contributed by atoms with Gasteiger partial charge in [-0.05, 0) is 0 Å². The molecule has 6 nitrogen and oxygen atoms in total. The van der Waals surface area contributed by atoms with Crippen LogP contribution >= 0.6 is 0 Å². The van der Waals surface area contributed by atoms with Crippen molar-refractivity contribution in [2.45, 2.75) is 20.8 Å². The number of aliphatic carboxylic acids is 1. The topological polar surface area (TPSA) is 89.9 Å². The maximum absolute atomic E-state index is 9.00. The second-order valence-electron chi connectivity index (χ2n) is 1.74. The van der Waals surface area contributed by atoms with E-state index in [1.54, 1.807) is 0 Å². The standard InChI is InChI=1S/C4H4O2.C2H4O2.2C2H3O.Ni/c1-2-6-4-3-5-1;1-2(3)4;2*1-2-3;/h1-4H;1H3,(H,3,4);2*1H3;/q;;2*-1;+2. The zero-order valence-corrected chi connectivity index (χ0v) is 10.6.